The summed E-state index contributed by atoms with van der Waals surface area (Å²) in [6.07, 6.45) is -30.2. The van der Waals surface area contributed by atoms with Gasteiger partial charge < -0.3 is 130 Å². The number of rotatable bonds is 16. The maximum absolute atomic E-state index is 11.1. The summed E-state index contributed by atoms with van der Waals surface area (Å²) in [4.78, 5) is 18.3. The summed E-state index contributed by atoms with van der Waals surface area (Å²) < 4.78 is 47.8. The molecule has 4 fully saturated rings. The molecule has 8 bridgehead atoms. The van der Waals surface area contributed by atoms with Gasteiger partial charge in [-0.1, -0.05) is 48.5 Å². The Hall–Kier alpha value is -7.60. The predicted molar refractivity (Wildman–Crippen MR) is 335 cm³/mol. The molecule has 4 unspecified atom stereocenters. The Kier molecular flexibility index (Phi) is 19.6. The van der Waals surface area contributed by atoms with Crippen molar-refractivity contribution >= 4 is 22.1 Å². The maximum Gasteiger partial charge on any atom is 0.229 e. The average Bonchev–Trinajstić information content (AvgIpc) is 1.62. The van der Waals surface area contributed by atoms with Crippen molar-refractivity contribution in [2.75, 3.05) is 26.4 Å². The van der Waals surface area contributed by atoms with E-state index >= 15 is 0 Å². The van der Waals surface area contributed by atoms with Gasteiger partial charge in [0, 0.05) is 44.3 Å². The molecule has 0 spiro atoms. The molecule has 28 heteroatoms. The summed E-state index contributed by atoms with van der Waals surface area (Å²) in [6.45, 7) is -2.74. The molecule has 28 nitrogen and oxygen atoms in total. The zero-order valence-corrected chi connectivity index (χ0v) is 51.1. The summed E-state index contributed by atoms with van der Waals surface area (Å²) in [5, 5.41) is 170. The molecule has 0 radical (unpaired) electrons. The Balaban J connectivity index is 1.03. The van der Waals surface area contributed by atoms with Crippen molar-refractivity contribution in [3.63, 3.8) is 0 Å². The van der Waals surface area contributed by atoms with Gasteiger partial charge in [0.2, 0.25) is 25.2 Å². The van der Waals surface area contributed by atoms with Gasteiger partial charge in [-0.15, -0.1) is 0 Å². The van der Waals surface area contributed by atoms with Crippen molar-refractivity contribution in [3.05, 3.63) is 144 Å². The molecule has 20 atom stereocenters. The van der Waals surface area contributed by atoms with Crippen molar-refractivity contribution in [3.8, 4) is 67.5 Å². The van der Waals surface area contributed by atoms with Crippen LogP contribution in [0.15, 0.2) is 121 Å². The van der Waals surface area contributed by atoms with Crippen molar-refractivity contribution in [1.29, 1.82) is 0 Å². The standard InChI is InChI=1S/C68H74N4O24/c73-25-45-53(77)57(81)61(85)65(93-45)89-33-9-1-5-29(21-33)49-37-13-15-39(69-37)50(30-6-2-10-34(22-30)90-66-62(86)58(82)54(78)46(26-74)94-66)41-17-19-43(71-41)52(32-8-4-12-36(24-32)92-68-64(88)60(84)56(80)48(28-76)96-68)44-20-18-42(72-44)51(40-16-14-38(49)70-40)31-7-3-11-35(23-31)91-67-63(87)59(83)55(79)47(27-75)95-67/h1-13,15,18,20-24,45-48,53-69,72-88H,14,16-17,19,25-28H2/t45-,46-,47-,48-,53-,54-,55-,56-,57+,58+,59+,60+,61-,62-,63-,64-,65?,66?,67?,68?/m1/s1. The van der Waals surface area contributed by atoms with Crippen molar-refractivity contribution in [1.82, 2.24) is 19.9 Å². The first-order chi connectivity index (χ1) is 46.3. The lowest BCUT2D eigenvalue weighted by molar-refractivity contribution is -0.277. The lowest BCUT2D eigenvalue weighted by atomic mass is 9.99. The van der Waals surface area contributed by atoms with Crippen molar-refractivity contribution in [2.45, 2.75) is 149 Å². The van der Waals surface area contributed by atoms with E-state index in [0.717, 1.165) is 0 Å². The SMILES string of the molecule is OC[C@H]1OC(Oc2cccc(-c3c4nc(c(-c5cccc(OC6O[C@H](CO)[C@@H](O)[C@H](O)[C@H]6O)c5)c5ccc([nH]5)c(-c5cccc(OC6O[C@H](CO)[C@@H](O)[C@H](O)[C@H]6O)c5)c5nc(c(-c6cccc(OC7O[C@H](CO)[C@@H](O)[C@H](O)[C@H]7O)c6)c6ccc3[nH]6)CC5)CC4)c2)[C@H](O)[C@@H](O)[C@@H]1O. The number of fused-ring (bicyclic) bond motifs is 8. The molecular formula is C68H74N4O24. The second-order valence-corrected chi connectivity index (χ2v) is 24.5. The number of ether oxygens (including phenoxy) is 8. The molecule has 0 amide bonds. The quantitative estimate of drug-likeness (QED) is 0.0567. The highest BCUT2D eigenvalue weighted by molar-refractivity contribution is 5.92. The van der Waals surface area contributed by atoms with Crippen molar-refractivity contribution in [2.24, 2.45) is 0 Å². The van der Waals surface area contributed by atoms with E-state index in [0.29, 0.717) is 115 Å². The van der Waals surface area contributed by atoms with Crippen molar-refractivity contribution < 1.29 is 120 Å². The predicted octanol–water partition coefficient (Wildman–Crippen LogP) is -0.732. The fourth-order valence-electron chi connectivity index (χ4n) is 13.1. The van der Waals surface area contributed by atoms with E-state index in [9.17, 15) is 81.7 Å². The van der Waals surface area contributed by atoms with E-state index in [4.69, 9.17) is 47.9 Å². The van der Waals surface area contributed by atoms with Gasteiger partial charge >= 0.3 is 0 Å². The fraction of sp³-hybridized carbons (Fsp3) is 0.412. The molecule has 9 heterocycles. The van der Waals surface area contributed by atoms with Gasteiger partial charge in [0.15, 0.2) is 0 Å². The van der Waals surface area contributed by atoms with E-state index in [1.807, 2.05) is 48.5 Å². The molecular weight excluding hydrogens is 1260 g/mol. The number of H-pyrrole nitrogens is 2. The number of hydrogen-bond acceptors (Lipinski definition) is 26. The van der Waals surface area contributed by atoms with Crippen LogP contribution in [0, 0.1) is 0 Å². The van der Waals surface area contributed by atoms with Crippen LogP contribution >= 0.6 is 0 Å². The second kappa shape index (κ2) is 28.1. The zero-order chi connectivity index (χ0) is 67.4. The van der Waals surface area contributed by atoms with Crippen LogP contribution in [0.5, 0.6) is 23.0 Å². The van der Waals surface area contributed by atoms with E-state index in [-0.39, 0.29) is 23.0 Å². The van der Waals surface area contributed by atoms with E-state index in [2.05, 4.69) is 9.97 Å². The molecule has 0 aliphatic carbocycles. The number of aryl methyl sites for hydroxylation is 4. The van der Waals surface area contributed by atoms with E-state index < -0.39 is 149 Å². The van der Waals surface area contributed by atoms with Gasteiger partial charge in [-0.25, -0.2) is 0 Å². The third-order valence-electron chi connectivity index (χ3n) is 18.2. The van der Waals surface area contributed by atoms with E-state index in [1.165, 1.54) is 0 Å². The maximum atomic E-state index is 11.1. The second-order valence-electron chi connectivity index (χ2n) is 24.5. The first-order valence-electron chi connectivity index (χ1n) is 31.4. The summed E-state index contributed by atoms with van der Waals surface area (Å²) in [5.74, 6) is 0.660. The number of nitrogens with one attached hydrogen (secondary N) is 2. The minimum absolute atomic E-state index is 0.165. The monoisotopic (exact) mass is 1330 g/mol. The topological polar surface area (TPSA) is 455 Å². The normalized spacial score (nSPS) is 31.6. The Morgan fingerprint density at radius 2 is 0.521 bits per heavy atom. The molecule has 96 heavy (non-hydrogen) atoms. The Morgan fingerprint density at radius 3 is 0.729 bits per heavy atom. The number of aliphatic hydroxyl groups is 16. The third kappa shape index (κ3) is 13.0. The first kappa shape index (κ1) is 67.0. The highest BCUT2D eigenvalue weighted by Gasteiger charge is 2.48. The molecule has 6 aliphatic heterocycles. The van der Waals surface area contributed by atoms with Crippen LogP contribution in [0.25, 0.3) is 66.6 Å². The molecule has 4 aromatic carbocycles. The van der Waals surface area contributed by atoms with Crippen LogP contribution in [-0.4, -0.2) is 251 Å². The van der Waals surface area contributed by atoms with Gasteiger partial charge in [0.25, 0.3) is 0 Å². The Bertz CT molecular complexity index is 3580. The Labute approximate surface area is 546 Å². The third-order valence-corrected chi connectivity index (χ3v) is 18.2. The molecule has 0 saturated carbocycles. The van der Waals surface area contributed by atoms with Crippen LogP contribution in [0.1, 0.15) is 22.8 Å². The molecule has 6 aliphatic rings. The number of hydrogen-bond donors (Lipinski definition) is 18. The number of aromatic amines is 2. The van der Waals surface area contributed by atoms with Gasteiger partial charge in [0.1, 0.15) is 121 Å². The van der Waals surface area contributed by atoms with Gasteiger partial charge in [-0.3, -0.25) is 9.97 Å². The molecule has 7 aromatic rings. The molecule has 13 rings (SSSR count). The highest BCUT2D eigenvalue weighted by Crippen LogP contribution is 2.42. The first-order valence-corrected chi connectivity index (χ1v) is 31.4. The Morgan fingerprint density at radius 1 is 0.302 bits per heavy atom. The summed E-state index contributed by atoms with van der Waals surface area (Å²) >= 11 is 0. The summed E-state index contributed by atoms with van der Waals surface area (Å²) in [7, 11) is 0. The molecule has 510 valence electrons. The lowest BCUT2D eigenvalue weighted by Gasteiger charge is -2.39. The van der Waals surface area contributed by atoms with Crippen LogP contribution < -0.4 is 18.9 Å². The van der Waals surface area contributed by atoms with Gasteiger partial charge in [0.05, 0.1) is 49.2 Å². The van der Waals surface area contributed by atoms with Gasteiger partial charge in [-0.2, -0.15) is 0 Å². The summed E-state index contributed by atoms with van der Waals surface area (Å²) in [6, 6.07) is 34.7. The van der Waals surface area contributed by atoms with Crippen LogP contribution in [0.2, 0.25) is 0 Å². The van der Waals surface area contributed by atoms with Gasteiger partial charge in [-0.05, 0) is 121 Å². The largest absolute Gasteiger partial charge is 0.462 e. The molecule has 18 N–H and O–H groups in total. The minimum atomic E-state index is -1.73. The van der Waals surface area contributed by atoms with E-state index in [1.54, 1.807) is 72.8 Å². The summed E-state index contributed by atoms with van der Waals surface area (Å²) in [5.41, 5.74) is 8.96. The lowest BCUT2D eigenvalue weighted by Crippen LogP contribution is -2.60. The number of aliphatic hydroxyl groups excluding tert-OH is 16. The van der Waals surface area contributed by atoms with Crippen LogP contribution in [0.4, 0.5) is 0 Å². The molecule has 4 saturated heterocycles. The number of aromatic nitrogens is 4. The zero-order valence-electron chi connectivity index (χ0n) is 51.1. The smallest absolute Gasteiger partial charge is 0.229 e. The molecule has 3 aromatic heterocycles. The minimum Gasteiger partial charge on any atom is -0.462 e. The van der Waals surface area contributed by atoms with Crippen LogP contribution in [0.3, 0.4) is 0 Å². The highest BCUT2D eigenvalue weighted by atomic mass is 16.7. The fourth-order valence-corrected chi connectivity index (χ4v) is 13.1. The van der Waals surface area contributed by atoms with Crippen LogP contribution in [-0.2, 0) is 44.6 Å². The number of benzene rings is 4. The average molecular weight is 1330 g/mol. The number of nitrogens with zero attached hydrogens (tertiary/aromatic N) is 2.